The van der Waals surface area contributed by atoms with Crippen molar-refractivity contribution in [1.82, 2.24) is 10.6 Å². The zero-order chi connectivity index (χ0) is 15.5. The second kappa shape index (κ2) is 6.58. The Kier molecular flexibility index (Phi) is 5.00. The van der Waals surface area contributed by atoms with E-state index in [0.29, 0.717) is 23.9 Å². The van der Waals surface area contributed by atoms with Crippen molar-refractivity contribution in [3.8, 4) is 0 Å². The number of benzene rings is 1. The Morgan fingerprint density at radius 2 is 2.19 bits per heavy atom. The molecule has 116 valence electrons. The minimum Gasteiger partial charge on any atom is -0.352 e. The van der Waals surface area contributed by atoms with Gasteiger partial charge >= 0.3 is 0 Å². The molecule has 2 unspecified atom stereocenters. The van der Waals surface area contributed by atoms with Crippen LogP contribution in [0.1, 0.15) is 23.7 Å². The molecular formula is C15H22N2O3S. The topological polar surface area (TPSA) is 75.3 Å². The molecule has 0 bridgehead atoms. The first kappa shape index (κ1) is 16.0. The van der Waals surface area contributed by atoms with Crippen LogP contribution in [0.5, 0.6) is 0 Å². The molecule has 6 heteroatoms. The lowest BCUT2D eigenvalue weighted by Gasteiger charge is -2.29. The number of sulfone groups is 1. The molecule has 1 aromatic rings. The van der Waals surface area contributed by atoms with Gasteiger partial charge in [-0.05, 0) is 49.5 Å². The monoisotopic (exact) mass is 310 g/mol. The first-order chi connectivity index (χ1) is 9.88. The van der Waals surface area contributed by atoms with Crippen LogP contribution in [0.2, 0.25) is 0 Å². The van der Waals surface area contributed by atoms with Gasteiger partial charge in [0.15, 0.2) is 9.84 Å². The van der Waals surface area contributed by atoms with Crippen molar-refractivity contribution in [3.05, 3.63) is 29.8 Å². The van der Waals surface area contributed by atoms with Gasteiger partial charge in [-0.1, -0.05) is 13.0 Å². The zero-order valence-corrected chi connectivity index (χ0v) is 13.2. The minimum atomic E-state index is -3.29. The lowest BCUT2D eigenvalue weighted by atomic mass is 9.88. The second-order valence-electron chi connectivity index (χ2n) is 5.74. The van der Waals surface area contributed by atoms with Crippen LogP contribution in [0.4, 0.5) is 0 Å². The van der Waals surface area contributed by atoms with Crippen molar-refractivity contribution in [2.24, 2.45) is 11.8 Å². The van der Waals surface area contributed by atoms with Gasteiger partial charge in [0.05, 0.1) is 4.90 Å². The van der Waals surface area contributed by atoms with E-state index in [2.05, 4.69) is 17.6 Å². The summed E-state index contributed by atoms with van der Waals surface area (Å²) in [7, 11) is -3.29. The summed E-state index contributed by atoms with van der Waals surface area (Å²) in [6, 6.07) is 6.15. The lowest BCUT2D eigenvalue weighted by Crippen LogP contribution is -2.42. The van der Waals surface area contributed by atoms with Gasteiger partial charge in [-0.15, -0.1) is 0 Å². The molecular weight excluding hydrogens is 288 g/mol. The molecule has 1 saturated heterocycles. The number of nitrogens with one attached hydrogen (secondary N) is 2. The SMILES string of the molecule is CC1CCNCC1CNC(=O)c1cccc(S(C)(=O)=O)c1. The van der Waals surface area contributed by atoms with Crippen LogP contribution in [0.25, 0.3) is 0 Å². The van der Waals surface area contributed by atoms with E-state index in [0.717, 1.165) is 25.8 Å². The van der Waals surface area contributed by atoms with E-state index in [1.54, 1.807) is 12.1 Å². The van der Waals surface area contributed by atoms with E-state index in [1.807, 2.05) is 0 Å². The summed E-state index contributed by atoms with van der Waals surface area (Å²) in [4.78, 5) is 12.3. The quantitative estimate of drug-likeness (QED) is 0.872. The smallest absolute Gasteiger partial charge is 0.251 e. The van der Waals surface area contributed by atoms with Crippen LogP contribution in [0, 0.1) is 11.8 Å². The Morgan fingerprint density at radius 3 is 2.86 bits per heavy atom. The summed E-state index contributed by atoms with van der Waals surface area (Å²) >= 11 is 0. The fourth-order valence-electron chi connectivity index (χ4n) is 2.52. The average molecular weight is 310 g/mol. The maximum Gasteiger partial charge on any atom is 0.251 e. The van der Waals surface area contributed by atoms with E-state index >= 15 is 0 Å². The maximum atomic E-state index is 12.1. The summed E-state index contributed by atoms with van der Waals surface area (Å²) in [6.45, 7) is 4.74. The second-order valence-corrected chi connectivity index (χ2v) is 7.76. The molecule has 1 fully saturated rings. The molecule has 0 radical (unpaired) electrons. The highest BCUT2D eigenvalue weighted by molar-refractivity contribution is 7.90. The molecule has 2 atom stereocenters. The summed E-state index contributed by atoms with van der Waals surface area (Å²) < 4.78 is 23.0. The van der Waals surface area contributed by atoms with Crippen LogP contribution in [0.15, 0.2) is 29.2 Å². The number of piperidine rings is 1. The third-order valence-electron chi connectivity index (χ3n) is 4.04. The molecule has 0 spiro atoms. The van der Waals surface area contributed by atoms with E-state index < -0.39 is 9.84 Å². The predicted octanol–water partition coefficient (Wildman–Crippen LogP) is 1.07. The van der Waals surface area contributed by atoms with Gasteiger partial charge < -0.3 is 10.6 Å². The lowest BCUT2D eigenvalue weighted by molar-refractivity contribution is 0.0938. The molecule has 2 N–H and O–H groups in total. The molecule has 1 aromatic carbocycles. The number of amides is 1. The normalized spacial score (nSPS) is 22.8. The fourth-order valence-corrected chi connectivity index (χ4v) is 3.19. The molecule has 1 heterocycles. The molecule has 5 nitrogen and oxygen atoms in total. The van der Waals surface area contributed by atoms with Crippen molar-refractivity contribution in [1.29, 1.82) is 0 Å². The van der Waals surface area contributed by atoms with Crippen molar-refractivity contribution in [3.63, 3.8) is 0 Å². The molecule has 1 aliphatic rings. The highest BCUT2D eigenvalue weighted by atomic mass is 32.2. The van der Waals surface area contributed by atoms with Gasteiger partial charge in [-0.25, -0.2) is 8.42 Å². The summed E-state index contributed by atoms with van der Waals surface area (Å²) in [5.74, 6) is 0.771. The maximum absolute atomic E-state index is 12.1. The number of carbonyl (C=O) groups is 1. The van der Waals surface area contributed by atoms with Gasteiger partial charge in [-0.2, -0.15) is 0 Å². The van der Waals surface area contributed by atoms with Gasteiger partial charge in [-0.3, -0.25) is 4.79 Å². The Balaban J connectivity index is 2.00. The first-order valence-corrected chi connectivity index (χ1v) is 9.06. The predicted molar refractivity (Wildman–Crippen MR) is 82.0 cm³/mol. The Morgan fingerprint density at radius 1 is 1.43 bits per heavy atom. The zero-order valence-electron chi connectivity index (χ0n) is 12.4. The minimum absolute atomic E-state index is 0.169. The van der Waals surface area contributed by atoms with E-state index in [-0.39, 0.29) is 10.8 Å². The first-order valence-electron chi connectivity index (χ1n) is 7.17. The highest BCUT2D eigenvalue weighted by Gasteiger charge is 2.21. The standard InChI is InChI=1S/C15H22N2O3S/c1-11-6-7-16-9-13(11)10-17-15(18)12-4-3-5-14(8-12)21(2,19)20/h3-5,8,11,13,16H,6-7,9-10H2,1-2H3,(H,17,18). The van der Waals surface area contributed by atoms with Crippen LogP contribution in [-0.2, 0) is 9.84 Å². The molecule has 0 aromatic heterocycles. The van der Waals surface area contributed by atoms with E-state index in [1.165, 1.54) is 12.1 Å². The molecule has 0 saturated carbocycles. The highest BCUT2D eigenvalue weighted by Crippen LogP contribution is 2.17. The van der Waals surface area contributed by atoms with Crippen molar-refractivity contribution >= 4 is 15.7 Å². The molecule has 21 heavy (non-hydrogen) atoms. The molecule has 1 amide bonds. The van der Waals surface area contributed by atoms with Crippen LogP contribution < -0.4 is 10.6 Å². The van der Waals surface area contributed by atoms with Crippen LogP contribution in [-0.4, -0.2) is 40.2 Å². The van der Waals surface area contributed by atoms with Crippen LogP contribution in [0.3, 0.4) is 0 Å². The number of hydrogen-bond acceptors (Lipinski definition) is 4. The van der Waals surface area contributed by atoms with Gasteiger partial charge in [0, 0.05) is 18.4 Å². The third kappa shape index (κ3) is 4.28. The van der Waals surface area contributed by atoms with Crippen molar-refractivity contribution < 1.29 is 13.2 Å². The van der Waals surface area contributed by atoms with Crippen LogP contribution >= 0.6 is 0 Å². The summed E-state index contributed by atoms with van der Waals surface area (Å²) in [5.41, 5.74) is 0.384. The van der Waals surface area contributed by atoms with E-state index in [4.69, 9.17) is 0 Å². The molecule has 2 rings (SSSR count). The number of carbonyl (C=O) groups excluding carboxylic acids is 1. The largest absolute Gasteiger partial charge is 0.352 e. The molecule has 1 aliphatic heterocycles. The third-order valence-corrected chi connectivity index (χ3v) is 5.15. The van der Waals surface area contributed by atoms with Gasteiger partial charge in [0.25, 0.3) is 5.91 Å². The molecule has 0 aliphatic carbocycles. The van der Waals surface area contributed by atoms with Crippen molar-refractivity contribution in [2.75, 3.05) is 25.9 Å². The summed E-state index contributed by atoms with van der Waals surface area (Å²) in [5, 5.41) is 6.23. The number of hydrogen-bond donors (Lipinski definition) is 2. The number of rotatable bonds is 4. The average Bonchev–Trinajstić information content (AvgIpc) is 2.45. The Bertz CT molecular complexity index is 613. The Labute approximate surface area is 126 Å². The van der Waals surface area contributed by atoms with E-state index in [9.17, 15) is 13.2 Å². The van der Waals surface area contributed by atoms with Gasteiger partial charge in [0.1, 0.15) is 0 Å². The fraction of sp³-hybridized carbons (Fsp3) is 0.533. The van der Waals surface area contributed by atoms with Gasteiger partial charge in [0.2, 0.25) is 0 Å². The Hall–Kier alpha value is -1.40. The van der Waals surface area contributed by atoms with Crippen molar-refractivity contribution in [2.45, 2.75) is 18.2 Å². The summed E-state index contributed by atoms with van der Waals surface area (Å²) in [6.07, 6.45) is 2.25.